The molecule has 2 N–H and O–H groups in total. The van der Waals surface area contributed by atoms with Gasteiger partial charge in [0.1, 0.15) is 0 Å². The van der Waals surface area contributed by atoms with E-state index in [1.165, 1.54) is 12.8 Å². The van der Waals surface area contributed by atoms with Crippen molar-refractivity contribution in [2.75, 3.05) is 13.1 Å². The Bertz CT molecular complexity index is 358. The summed E-state index contributed by atoms with van der Waals surface area (Å²) in [5.74, 6) is 2.24. The molecule has 0 radical (unpaired) electrons. The molecule has 1 saturated heterocycles. The maximum absolute atomic E-state index is 5.86. The Morgan fingerprint density at radius 2 is 1.94 bits per heavy atom. The Labute approximate surface area is 107 Å². The zero-order chi connectivity index (χ0) is 11.0. The van der Waals surface area contributed by atoms with Crippen LogP contribution >= 0.6 is 12.4 Å². The van der Waals surface area contributed by atoms with Gasteiger partial charge < -0.3 is 10.3 Å². The van der Waals surface area contributed by atoms with Crippen molar-refractivity contribution in [2.45, 2.75) is 44.2 Å². The maximum Gasteiger partial charge on any atom is 0.240 e. The molecule has 17 heavy (non-hydrogen) atoms. The van der Waals surface area contributed by atoms with E-state index in [1.54, 1.807) is 0 Å². The van der Waals surface area contributed by atoms with E-state index in [0.717, 1.165) is 44.2 Å². The lowest BCUT2D eigenvalue weighted by Crippen LogP contribution is -2.39. The minimum absolute atomic E-state index is 0. The van der Waals surface area contributed by atoms with Crippen LogP contribution < -0.4 is 5.73 Å². The summed E-state index contributed by atoms with van der Waals surface area (Å²) in [7, 11) is 0. The lowest BCUT2D eigenvalue weighted by molar-refractivity contribution is 0.182. The molecule has 5 nitrogen and oxygen atoms in total. The Kier molecular flexibility index (Phi) is 4.01. The Morgan fingerprint density at radius 3 is 2.59 bits per heavy atom. The lowest BCUT2D eigenvalue weighted by Gasteiger charge is -2.28. The summed E-state index contributed by atoms with van der Waals surface area (Å²) >= 11 is 0. The van der Waals surface area contributed by atoms with Crippen molar-refractivity contribution in [3.63, 3.8) is 0 Å². The normalized spacial score (nSPS) is 22.4. The van der Waals surface area contributed by atoms with Gasteiger partial charge in [0, 0.05) is 25.0 Å². The number of piperidine rings is 1. The highest BCUT2D eigenvalue weighted by Gasteiger charge is 2.29. The van der Waals surface area contributed by atoms with Crippen molar-refractivity contribution in [1.82, 2.24) is 15.0 Å². The molecule has 0 amide bonds. The van der Waals surface area contributed by atoms with E-state index in [1.807, 2.05) is 0 Å². The number of rotatable bonds is 3. The van der Waals surface area contributed by atoms with E-state index in [0.29, 0.717) is 12.0 Å². The summed E-state index contributed by atoms with van der Waals surface area (Å²) in [6.07, 6.45) is 4.59. The molecule has 0 atom stereocenters. The van der Waals surface area contributed by atoms with E-state index in [-0.39, 0.29) is 12.4 Å². The van der Waals surface area contributed by atoms with Crippen LogP contribution in [0.15, 0.2) is 4.52 Å². The molecular weight excluding hydrogens is 240 g/mol. The van der Waals surface area contributed by atoms with Gasteiger partial charge >= 0.3 is 0 Å². The minimum Gasteiger partial charge on any atom is -0.338 e. The zero-order valence-corrected chi connectivity index (χ0v) is 10.7. The Balaban J connectivity index is 0.00000108. The van der Waals surface area contributed by atoms with Gasteiger partial charge in [0.05, 0.1) is 6.54 Å². The van der Waals surface area contributed by atoms with Crippen molar-refractivity contribution in [2.24, 2.45) is 5.73 Å². The molecule has 3 rings (SSSR count). The van der Waals surface area contributed by atoms with Gasteiger partial charge in [0.25, 0.3) is 0 Å². The first-order chi connectivity index (χ1) is 7.81. The Morgan fingerprint density at radius 1 is 1.24 bits per heavy atom. The second-order valence-corrected chi connectivity index (χ2v) is 4.93. The van der Waals surface area contributed by atoms with Gasteiger partial charge in [-0.2, -0.15) is 4.98 Å². The molecular formula is C11H19ClN4O. The highest BCUT2D eigenvalue weighted by Crippen LogP contribution is 2.38. The highest BCUT2D eigenvalue weighted by molar-refractivity contribution is 5.85. The molecule has 1 aliphatic heterocycles. The molecule has 1 saturated carbocycles. The third-order valence-corrected chi connectivity index (χ3v) is 3.42. The van der Waals surface area contributed by atoms with E-state index in [4.69, 9.17) is 10.3 Å². The predicted octanol–water partition coefficient (Wildman–Crippen LogP) is 1.29. The molecule has 0 unspecified atom stereocenters. The van der Waals surface area contributed by atoms with Crippen LogP contribution in [0.1, 0.15) is 43.3 Å². The second-order valence-electron chi connectivity index (χ2n) is 4.93. The van der Waals surface area contributed by atoms with Crippen molar-refractivity contribution in [3.8, 4) is 0 Å². The number of nitrogens with zero attached hydrogens (tertiary/aromatic N) is 3. The summed E-state index contributed by atoms with van der Waals surface area (Å²) in [4.78, 5) is 6.78. The van der Waals surface area contributed by atoms with Crippen LogP contribution in [0.2, 0.25) is 0 Å². The highest BCUT2D eigenvalue weighted by atomic mass is 35.5. The molecule has 2 heterocycles. The fourth-order valence-corrected chi connectivity index (χ4v) is 2.14. The summed E-state index contributed by atoms with van der Waals surface area (Å²) in [5.41, 5.74) is 5.86. The van der Waals surface area contributed by atoms with E-state index in [9.17, 15) is 0 Å². The molecule has 0 bridgehead atoms. The number of likely N-dealkylation sites (tertiary alicyclic amines) is 1. The van der Waals surface area contributed by atoms with Gasteiger partial charge in [-0.05, 0) is 25.7 Å². The Hall–Kier alpha value is -0.650. The standard InChI is InChI=1S/C11H18N4O.ClH/c12-9-3-5-15(6-4-9)7-10-13-11(14-16-10)8-1-2-8;/h8-9H,1-7,12H2;1H. The fraction of sp³-hybridized carbons (Fsp3) is 0.818. The first kappa shape index (κ1) is 12.8. The first-order valence-corrected chi connectivity index (χ1v) is 6.11. The van der Waals surface area contributed by atoms with Crippen molar-refractivity contribution < 1.29 is 4.52 Å². The molecule has 1 aromatic rings. The first-order valence-electron chi connectivity index (χ1n) is 6.11. The van der Waals surface area contributed by atoms with Crippen molar-refractivity contribution >= 4 is 12.4 Å². The second kappa shape index (κ2) is 5.33. The molecule has 1 aromatic heterocycles. The molecule has 0 spiro atoms. The number of aromatic nitrogens is 2. The molecule has 96 valence electrons. The van der Waals surface area contributed by atoms with Gasteiger partial charge in [-0.3, -0.25) is 4.90 Å². The van der Waals surface area contributed by atoms with Crippen LogP contribution in [0.3, 0.4) is 0 Å². The van der Waals surface area contributed by atoms with Crippen LogP contribution in [0.25, 0.3) is 0 Å². The summed E-state index contributed by atoms with van der Waals surface area (Å²) in [5, 5.41) is 4.02. The van der Waals surface area contributed by atoms with Crippen LogP contribution in [-0.2, 0) is 6.54 Å². The molecule has 2 fully saturated rings. The van der Waals surface area contributed by atoms with Gasteiger partial charge in [-0.1, -0.05) is 5.16 Å². The number of hydrogen-bond acceptors (Lipinski definition) is 5. The summed E-state index contributed by atoms with van der Waals surface area (Å²) in [6, 6.07) is 0.376. The van der Waals surface area contributed by atoms with Crippen LogP contribution in [0.4, 0.5) is 0 Å². The van der Waals surface area contributed by atoms with Crippen LogP contribution in [0, 0.1) is 0 Å². The maximum atomic E-state index is 5.86. The third-order valence-electron chi connectivity index (χ3n) is 3.42. The number of halogens is 1. The SMILES string of the molecule is Cl.NC1CCN(Cc2nc(C3CC3)no2)CC1. The molecule has 1 aliphatic carbocycles. The molecule has 2 aliphatic rings. The van der Waals surface area contributed by atoms with E-state index in [2.05, 4.69) is 15.0 Å². The fourth-order valence-electron chi connectivity index (χ4n) is 2.14. The lowest BCUT2D eigenvalue weighted by atomic mass is 10.1. The quantitative estimate of drug-likeness (QED) is 0.885. The predicted molar refractivity (Wildman–Crippen MR) is 66.0 cm³/mol. The van der Waals surface area contributed by atoms with E-state index >= 15 is 0 Å². The van der Waals surface area contributed by atoms with E-state index < -0.39 is 0 Å². The smallest absolute Gasteiger partial charge is 0.240 e. The van der Waals surface area contributed by atoms with Crippen LogP contribution in [0.5, 0.6) is 0 Å². The average Bonchev–Trinajstić information content (AvgIpc) is 3.04. The van der Waals surface area contributed by atoms with Crippen molar-refractivity contribution in [3.05, 3.63) is 11.7 Å². The van der Waals surface area contributed by atoms with Crippen molar-refractivity contribution in [1.29, 1.82) is 0 Å². The molecule has 6 heteroatoms. The van der Waals surface area contributed by atoms with Crippen LogP contribution in [-0.4, -0.2) is 34.2 Å². The summed E-state index contributed by atoms with van der Waals surface area (Å²) in [6.45, 7) is 2.87. The summed E-state index contributed by atoms with van der Waals surface area (Å²) < 4.78 is 5.26. The van der Waals surface area contributed by atoms with Gasteiger partial charge in [-0.15, -0.1) is 12.4 Å². The van der Waals surface area contributed by atoms with Gasteiger partial charge in [-0.25, -0.2) is 0 Å². The minimum atomic E-state index is 0. The average molecular weight is 259 g/mol. The van der Waals surface area contributed by atoms with Gasteiger partial charge in [0.2, 0.25) is 5.89 Å². The zero-order valence-electron chi connectivity index (χ0n) is 9.84. The monoisotopic (exact) mass is 258 g/mol. The third kappa shape index (κ3) is 3.18. The van der Waals surface area contributed by atoms with Gasteiger partial charge in [0.15, 0.2) is 5.82 Å². The topological polar surface area (TPSA) is 68.2 Å². The number of hydrogen-bond donors (Lipinski definition) is 1. The number of nitrogens with two attached hydrogens (primary N) is 1. The largest absolute Gasteiger partial charge is 0.338 e. The molecule has 0 aromatic carbocycles.